The lowest BCUT2D eigenvalue weighted by molar-refractivity contribution is 0.640. The third-order valence-electron chi connectivity index (χ3n) is 0.670. The van der Waals surface area contributed by atoms with Gasteiger partial charge in [-0.2, -0.15) is 0 Å². The van der Waals surface area contributed by atoms with E-state index in [-0.39, 0.29) is 0 Å². The lowest BCUT2D eigenvalue weighted by atomic mass is 10.1. The van der Waals surface area contributed by atoms with E-state index < -0.39 is 0 Å². The second-order valence-corrected chi connectivity index (χ2v) is 2.26. The molecule has 0 radical (unpaired) electrons. The van der Waals surface area contributed by atoms with Crippen molar-refractivity contribution in [2.45, 2.75) is 20.3 Å². The Morgan fingerprint density at radius 2 is 2.14 bits per heavy atom. The standard InChI is InChI=1S/C6H13N/c1-5(2)4-6(3)7/h5H,3-4,7H2,1-2H3. The molecule has 0 aromatic carbocycles. The van der Waals surface area contributed by atoms with Gasteiger partial charge in [0.2, 0.25) is 0 Å². The van der Waals surface area contributed by atoms with Crippen molar-refractivity contribution in [3.63, 3.8) is 0 Å². The first kappa shape index (κ1) is 6.54. The molecule has 1 nitrogen and oxygen atoms in total. The number of hydrogen-bond donors (Lipinski definition) is 1. The van der Waals surface area contributed by atoms with Crippen molar-refractivity contribution in [2.75, 3.05) is 0 Å². The second-order valence-electron chi connectivity index (χ2n) is 2.26. The lowest BCUT2D eigenvalue weighted by Crippen LogP contribution is -1.98. The molecule has 42 valence electrons. The first-order valence-electron chi connectivity index (χ1n) is 2.56. The predicted octanol–water partition coefficient (Wildman–Crippen LogP) is 1.50. The molecule has 0 spiro atoms. The van der Waals surface area contributed by atoms with Crippen molar-refractivity contribution in [3.05, 3.63) is 12.3 Å². The van der Waals surface area contributed by atoms with Crippen molar-refractivity contribution in [2.24, 2.45) is 11.7 Å². The maximum Gasteiger partial charge on any atom is 0.00100 e. The molecule has 0 saturated carbocycles. The van der Waals surface area contributed by atoms with Gasteiger partial charge in [0.25, 0.3) is 0 Å². The molecule has 1 heteroatoms. The Bertz CT molecular complexity index is 64.6. The largest absolute Gasteiger partial charge is 0.403 e. The Morgan fingerprint density at radius 3 is 2.14 bits per heavy atom. The average Bonchev–Trinajstić information content (AvgIpc) is 1.27. The first-order chi connectivity index (χ1) is 3.13. The van der Waals surface area contributed by atoms with Crippen LogP contribution in [0.25, 0.3) is 0 Å². The van der Waals surface area contributed by atoms with Crippen LogP contribution in [-0.2, 0) is 0 Å². The van der Waals surface area contributed by atoms with E-state index >= 15 is 0 Å². The van der Waals surface area contributed by atoms with Crippen molar-refractivity contribution in [1.82, 2.24) is 0 Å². The Balaban J connectivity index is 3.13. The maximum absolute atomic E-state index is 5.30. The Hall–Kier alpha value is -0.460. The number of hydrogen-bond acceptors (Lipinski definition) is 1. The SMILES string of the molecule is C=C(N)CC(C)C. The molecular weight excluding hydrogens is 86.1 g/mol. The Morgan fingerprint density at radius 1 is 1.71 bits per heavy atom. The van der Waals surface area contributed by atoms with Crippen LogP contribution in [0.15, 0.2) is 12.3 Å². The lowest BCUT2D eigenvalue weighted by Gasteiger charge is -2.00. The van der Waals surface area contributed by atoms with Gasteiger partial charge in [-0.3, -0.25) is 0 Å². The highest BCUT2D eigenvalue weighted by atomic mass is 14.6. The Labute approximate surface area is 45.2 Å². The molecule has 0 heterocycles. The van der Waals surface area contributed by atoms with Gasteiger partial charge in [-0.05, 0) is 12.3 Å². The molecular formula is C6H13N. The van der Waals surface area contributed by atoms with Crippen LogP contribution in [0, 0.1) is 5.92 Å². The molecule has 0 rings (SSSR count). The Kier molecular flexibility index (Phi) is 2.49. The molecule has 0 aliphatic heterocycles. The minimum atomic E-state index is 0.650. The van der Waals surface area contributed by atoms with E-state index in [1.807, 2.05) is 0 Å². The van der Waals surface area contributed by atoms with Gasteiger partial charge in [0.15, 0.2) is 0 Å². The van der Waals surface area contributed by atoms with Crippen LogP contribution in [0.2, 0.25) is 0 Å². The van der Waals surface area contributed by atoms with Crippen molar-refractivity contribution in [3.8, 4) is 0 Å². The number of rotatable bonds is 2. The van der Waals surface area contributed by atoms with Crippen LogP contribution in [-0.4, -0.2) is 0 Å². The molecule has 0 amide bonds. The van der Waals surface area contributed by atoms with Gasteiger partial charge in [0.1, 0.15) is 0 Å². The van der Waals surface area contributed by atoms with E-state index in [1.165, 1.54) is 0 Å². The summed E-state index contributed by atoms with van der Waals surface area (Å²) >= 11 is 0. The summed E-state index contributed by atoms with van der Waals surface area (Å²) in [6.45, 7) is 7.82. The number of nitrogens with two attached hydrogens (primary N) is 1. The van der Waals surface area contributed by atoms with Crippen LogP contribution >= 0.6 is 0 Å². The van der Waals surface area contributed by atoms with E-state index in [2.05, 4.69) is 20.4 Å². The monoisotopic (exact) mass is 99.1 g/mol. The summed E-state index contributed by atoms with van der Waals surface area (Å²) < 4.78 is 0. The first-order valence-corrected chi connectivity index (χ1v) is 2.56. The fourth-order valence-electron chi connectivity index (χ4n) is 0.524. The molecule has 0 bridgehead atoms. The summed E-state index contributed by atoms with van der Waals surface area (Å²) in [6, 6.07) is 0. The van der Waals surface area contributed by atoms with E-state index in [9.17, 15) is 0 Å². The molecule has 0 aliphatic carbocycles. The molecule has 0 atom stereocenters. The van der Waals surface area contributed by atoms with Crippen molar-refractivity contribution < 1.29 is 0 Å². The van der Waals surface area contributed by atoms with Gasteiger partial charge >= 0.3 is 0 Å². The van der Waals surface area contributed by atoms with Crippen molar-refractivity contribution >= 4 is 0 Å². The molecule has 0 aromatic heterocycles. The van der Waals surface area contributed by atoms with E-state index in [1.54, 1.807) is 0 Å². The summed E-state index contributed by atoms with van der Waals surface area (Å²) in [5.41, 5.74) is 6.09. The molecule has 0 aromatic rings. The van der Waals surface area contributed by atoms with Crippen LogP contribution in [0.5, 0.6) is 0 Å². The fraction of sp³-hybridized carbons (Fsp3) is 0.667. The molecule has 2 N–H and O–H groups in total. The zero-order valence-corrected chi connectivity index (χ0v) is 5.07. The fourth-order valence-corrected chi connectivity index (χ4v) is 0.524. The van der Waals surface area contributed by atoms with Crippen LogP contribution in [0.1, 0.15) is 20.3 Å². The summed E-state index contributed by atoms with van der Waals surface area (Å²) in [7, 11) is 0. The van der Waals surface area contributed by atoms with Gasteiger partial charge < -0.3 is 5.73 Å². The summed E-state index contributed by atoms with van der Waals surface area (Å²) in [5, 5.41) is 0. The van der Waals surface area contributed by atoms with Gasteiger partial charge in [0.05, 0.1) is 0 Å². The smallest absolute Gasteiger partial charge is 0.00100 e. The van der Waals surface area contributed by atoms with E-state index in [0.717, 1.165) is 12.1 Å². The van der Waals surface area contributed by atoms with Gasteiger partial charge in [-0.15, -0.1) is 0 Å². The third kappa shape index (κ3) is 5.54. The zero-order chi connectivity index (χ0) is 5.86. The van der Waals surface area contributed by atoms with Crippen LogP contribution in [0.4, 0.5) is 0 Å². The quantitative estimate of drug-likeness (QED) is 0.558. The topological polar surface area (TPSA) is 26.0 Å². The third-order valence-corrected chi connectivity index (χ3v) is 0.670. The van der Waals surface area contributed by atoms with E-state index in [0.29, 0.717) is 5.92 Å². The molecule has 0 fully saturated rings. The summed E-state index contributed by atoms with van der Waals surface area (Å²) in [5.74, 6) is 0.650. The van der Waals surface area contributed by atoms with Crippen molar-refractivity contribution in [1.29, 1.82) is 0 Å². The van der Waals surface area contributed by atoms with Gasteiger partial charge in [-0.25, -0.2) is 0 Å². The van der Waals surface area contributed by atoms with Crippen LogP contribution in [0.3, 0.4) is 0 Å². The average molecular weight is 99.2 g/mol. The highest BCUT2D eigenvalue weighted by Gasteiger charge is 1.90. The summed E-state index contributed by atoms with van der Waals surface area (Å²) in [6.07, 6.45) is 0.944. The van der Waals surface area contributed by atoms with Crippen LogP contribution < -0.4 is 5.73 Å². The highest BCUT2D eigenvalue weighted by Crippen LogP contribution is 2.01. The molecule has 7 heavy (non-hydrogen) atoms. The summed E-state index contributed by atoms with van der Waals surface area (Å²) in [4.78, 5) is 0. The highest BCUT2D eigenvalue weighted by molar-refractivity contribution is 4.86. The molecule has 0 saturated heterocycles. The van der Waals surface area contributed by atoms with Gasteiger partial charge in [-0.1, -0.05) is 20.4 Å². The normalized spacial score (nSPS) is 9.57. The molecule has 0 unspecified atom stereocenters. The number of allylic oxidation sites excluding steroid dienone is 1. The molecule has 0 aliphatic rings. The van der Waals surface area contributed by atoms with Gasteiger partial charge in [0, 0.05) is 5.70 Å². The minimum absolute atomic E-state index is 0.650. The zero-order valence-electron chi connectivity index (χ0n) is 5.07. The predicted molar refractivity (Wildman–Crippen MR) is 32.8 cm³/mol. The second kappa shape index (κ2) is 2.67. The minimum Gasteiger partial charge on any atom is -0.403 e. The maximum atomic E-state index is 5.30. The van der Waals surface area contributed by atoms with E-state index in [4.69, 9.17) is 5.73 Å².